The van der Waals surface area contributed by atoms with E-state index in [-0.39, 0.29) is 38.5 Å². The third-order valence-electron chi connectivity index (χ3n) is 4.40. The Morgan fingerprint density at radius 1 is 0.958 bits per heavy atom. The molecule has 2 aliphatic carbocycles. The molecule has 0 saturated heterocycles. The normalized spacial score (nSPS) is 19.2. The van der Waals surface area contributed by atoms with E-state index >= 15 is 0 Å². The first kappa shape index (κ1) is 18.0. The van der Waals surface area contributed by atoms with Crippen molar-refractivity contribution in [1.82, 2.24) is 10.0 Å². The first-order valence-electron chi connectivity index (χ1n) is 8.19. The number of rotatable bonds is 5. The van der Waals surface area contributed by atoms with Gasteiger partial charge in [-0.1, -0.05) is 42.5 Å². The van der Waals surface area contributed by atoms with Gasteiger partial charge < -0.3 is 5.32 Å². The van der Waals surface area contributed by atoms with Crippen LogP contribution < -0.4 is 10.0 Å². The zero-order chi connectivity index (χ0) is 17.3. The molecule has 1 aromatic rings. The van der Waals surface area contributed by atoms with E-state index in [0.717, 1.165) is 38.5 Å². The van der Waals surface area contributed by atoms with Crippen molar-refractivity contribution in [2.24, 2.45) is 0 Å². The Bertz CT molecular complexity index is 742. The molecular weight excluding hydrogens is 371 g/mol. The fourth-order valence-corrected chi connectivity index (χ4v) is 5.07. The summed E-state index contributed by atoms with van der Waals surface area (Å²) in [5, 5.41) is 3.11. The van der Waals surface area contributed by atoms with E-state index in [1.165, 1.54) is 18.6 Å². The third kappa shape index (κ3) is 4.23. The van der Waals surface area contributed by atoms with E-state index < -0.39 is 10.0 Å². The fraction of sp³-hybridized carbons (Fsp3) is 0.562. The number of nitrogens with one attached hydrogen (secondary N) is 2. The van der Waals surface area contributed by atoms with Gasteiger partial charge in [-0.15, -0.1) is 0 Å². The van der Waals surface area contributed by atoms with Gasteiger partial charge in [-0.25, -0.2) is 13.1 Å². The van der Waals surface area contributed by atoms with Crippen molar-refractivity contribution < 1.29 is 13.2 Å². The lowest BCUT2D eigenvalue weighted by atomic mass is 9.95. The smallest absolute Gasteiger partial charge is 0.253 e. The highest BCUT2D eigenvalue weighted by Crippen LogP contribution is 2.31. The highest BCUT2D eigenvalue weighted by Gasteiger charge is 2.30. The van der Waals surface area contributed by atoms with Gasteiger partial charge in [-0.3, -0.25) is 4.79 Å². The van der Waals surface area contributed by atoms with Gasteiger partial charge in [0.05, 0.1) is 15.6 Å². The fourth-order valence-electron chi connectivity index (χ4n) is 2.90. The van der Waals surface area contributed by atoms with Crippen molar-refractivity contribution in [3.05, 3.63) is 27.7 Å². The maximum Gasteiger partial charge on any atom is 0.253 e. The molecule has 24 heavy (non-hydrogen) atoms. The number of halogens is 2. The summed E-state index contributed by atoms with van der Waals surface area (Å²) in [6.07, 6.45) is 6.87. The maximum atomic E-state index is 12.5. The third-order valence-corrected chi connectivity index (χ3v) is 6.69. The number of benzene rings is 1. The summed E-state index contributed by atoms with van der Waals surface area (Å²) >= 11 is 12.2. The molecule has 8 heteroatoms. The number of carbonyl (C=O) groups is 1. The first-order chi connectivity index (χ1) is 11.4. The Morgan fingerprint density at radius 3 is 2.25 bits per heavy atom. The second-order valence-electron chi connectivity index (χ2n) is 6.47. The molecule has 0 radical (unpaired) electrons. The second kappa shape index (κ2) is 7.20. The number of amides is 1. The second-order valence-corrected chi connectivity index (χ2v) is 8.96. The number of sulfonamides is 1. The van der Waals surface area contributed by atoms with Crippen LogP contribution in [0.2, 0.25) is 10.0 Å². The zero-order valence-electron chi connectivity index (χ0n) is 13.1. The van der Waals surface area contributed by atoms with Crippen LogP contribution in [0.5, 0.6) is 0 Å². The summed E-state index contributed by atoms with van der Waals surface area (Å²) in [5.74, 6) is -0.355. The van der Waals surface area contributed by atoms with Gasteiger partial charge in [-0.05, 0) is 37.8 Å². The van der Waals surface area contributed by atoms with Crippen molar-refractivity contribution in [2.45, 2.75) is 61.9 Å². The zero-order valence-corrected chi connectivity index (χ0v) is 15.5. The van der Waals surface area contributed by atoms with E-state index in [9.17, 15) is 13.2 Å². The topological polar surface area (TPSA) is 75.3 Å². The molecular formula is C16H20Cl2N2O3S. The molecule has 5 nitrogen and oxygen atoms in total. The minimum absolute atomic E-state index is 0.0161. The van der Waals surface area contributed by atoms with Crippen LogP contribution in [0.4, 0.5) is 0 Å². The van der Waals surface area contributed by atoms with Crippen molar-refractivity contribution in [2.75, 3.05) is 0 Å². The van der Waals surface area contributed by atoms with Gasteiger partial charge in [0.1, 0.15) is 4.90 Å². The Balaban J connectivity index is 1.84. The van der Waals surface area contributed by atoms with Crippen LogP contribution in [-0.4, -0.2) is 26.4 Å². The van der Waals surface area contributed by atoms with Crippen LogP contribution in [0.3, 0.4) is 0 Å². The molecule has 0 atom stereocenters. The van der Waals surface area contributed by atoms with Crippen molar-refractivity contribution in [3.63, 3.8) is 0 Å². The van der Waals surface area contributed by atoms with Gasteiger partial charge >= 0.3 is 0 Å². The number of hydrogen-bond donors (Lipinski definition) is 2. The Morgan fingerprint density at radius 2 is 1.62 bits per heavy atom. The average Bonchev–Trinajstić information content (AvgIpc) is 3.31. The van der Waals surface area contributed by atoms with E-state index in [2.05, 4.69) is 10.0 Å². The van der Waals surface area contributed by atoms with Gasteiger partial charge in [0.2, 0.25) is 10.0 Å². The predicted molar refractivity (Wildman–Crippen MR) is 94.1 cm³/mol. The molecule has 132 valence electrons. The molecule has 2 saturated carbocycles. The monoisotopic (exact) mass is 390 g/mol. The molecule has 0 spiro atoms. The lowest BCUT2D eigenvalue weighted by Gasteiger charge is -2.23. The average molecular weight is 391 g/mol. The first-order valence-corrected chi connectivity index (χ1v) is 10.4. The largest absolute Gasteiger partial charge is 0.349 e. The summed E-state index contributed by atoms with van der Waals surface area (Å²) in [7, 11) is -3.75. The van der Waals surface area contributed by atoms with E-state index in [1.54, 1.807) is 0 Å². The van der Waals surface area contributed by atoms with Gasteiger partial charge in [0.25, 0.3) is 5.91 Å². The molecule has 1 amide bonds. The molecule has 1 aromatic carbocycles. The summed E-state index contributed by atoms with van der Waals surface area (Å²) in [6.45, 7) is 0. The molecule has 2 N–H and O–H groups in total. The van der Waals surface area contributed by atoms with E-state index in [4.69, 9.17) is 23.2 Å². The van der Waals surface area contributed by atoms with E-state index in [1.807, 2.05) is 0 Å². The van der Waals surface area contributed by atoms with Gasteiger partial charge in [-0.2, -0.15) is 0 Å². The lowest BCUT2D eigenvalue weighted by molar-refractivity contribution is 0.0927. The molecule has 2 fully saturated rings. The molecule has 2 aliphatic rings. The Hall–Kier alpha value is -0.820. The van der Waals surface area contributed by atoms with Crippen LogP contribution in [0.15, 0.2) is 17.0 Å². The minimum Gasteiger partial charge on any atom is -0.349 e. The predicted octanol–water partition coefficient (Wildman–Crippen LogP) is 3.50. The van der Waals surface area contributed by atoms with Crippen LogP contribution in [0, 0.1) is 0 Å². The molecule has 3 rings (SSSR count). The summed E-state index contributed by atoms with van der Waals surface area (Å²) in [6, 6.07) is 2.66. The van der Waals surface area contributed by atoms with Gasteiger partial charge in [0, 0.05) is 12.1 Å². The van der Waals surface area contributed by atoms with Crippen molar-refractivity contribution in [3.8, 4) is 0 Å². The number of hydrogen-bond acceptors (Lipinski definition) is 3. The Kier molecular flexibility index (Phi) is 5.39. The maximum absolute atomic E-state index is 12.5. The quantitative estimate of drug-likeness (QED) is 0.807. The highest BCUT2D eigenvalue weighted by molar-refractivity contribution is 7.89. The molecule has 0 heterocycles. The molecule has 0 aromatic heterocycles. The summed E-state index contributed by atoms with van der Waals surface area (Å²) < 4.78 is 27.4. The SMILES string of the molecule is O=C(NC1CCCCC1)c1cc(S(=O)(=O)NC2CC2)c(Cl)cc1Cl. The van der Waals surface area contributed by atoms with Crippen LogP contribution in [0.1, 0.15) is 55.3 Å². The summed E-state index contributed by atoms with van der Waals surface area (Å²) in [4.78, 5) is 12.4. The minimum atomic E-state index is -3.75. The highest BCUT2D eigenvalue weighted by atomic mass is 35.5. The van der Waals surface area contributed by atoms with Crippen LogP contribution in [-0.2, 0) is 10.0 Å². The standard InChI is InChI=1S/C16H20Cl2N2O3S/c17-13-9-14(18)15(24(22,23)20-11-6-7-11)8-12(13)16(21)19-10-4-2-1-3-5-10/h8-11,20H,1-7H2,(H,19,21). The molecule has 0 unspecified atom stereocenters. The summed E-state index contributed by atoms with van der Waals surface area (Å²) in [5.41, 5.74) is 0.141. The van der Waals surface area contributed by atoms with Crippen LogP contribution in [0.25, 0.3) is 0 Å². The van der Waals surface area contributed by atoms with E-state index in [0.29, 0.717) is 0 Å². The van der Waals surface area contributed by atoms with Gasteiger partial charge in [0.15, 0.2) is 0 Å². The number of carbonyl (C=O) groups excluding carboxylic acids is 1. The van der Waals surface area contributed by atoms with Crippen LogP contribution >= 0.6 is 23.2 Å². The lowest BCUT2D eigenvalue weighted by Crippen LogP contribution is -2.36. The molecule has 0 aliphatic heterocycles. The van der Waals surface area contributed by atoms with Crippen molar-refractivity contribution in [1.29, 1.82) is 0 Å². The van der Waals surface area contributed by atoms with Crippen molar-refractivity contribution >= 4 is 39.1 Å². The Labute approximate surface area is 152 Å². The molecule has 0 bridgehead atoms.